The number of pyridine rings is 1. The molecule has 3 aromatic rings. The molecule has 1 heterocycles. The molecule has 0 bridgehead atoms. The SMILES string of the molecule is CC(=O)/C=C(/C)O.CC(C)(C)Cc1cc[c-]c(-c2cc(-c3ccccc3)ccn2)c1.[Ir]. The van der Waals surface area contributed by atoms with Crippen LogP contribution in [0.3, 0.4) is 0 Å². The average molecular weight is 593 g/mol. The molecule has 0 saturated carbocycles. The molecule has 0 saturated heterocycles. The maximum atomic E-state index is 10.0. The Morgan fingerprint density at radius 3 is 2.26 bits per heavy atom. The van der Waals surface area contributed by atoms with Gasteiger partial charge >= 0.3 is 0 Å². The first-order valence-corrected chi connectivity index (χ1v) is 10.0. The molecule has 31 heavy (non-hydrogen) atoms. The number of aliphatic hydroxyl groups excluding tert-OH is 1. The minimum Gasteiger partial charge on any atom is -0.512 e. The molecule has 0 unspecified atom stereocenters. The number of hydrogen-bond donors (Lipinski definition) is 1. The fourth-order valence-electron chi connectivity index (χ4n) is 3.07. The Labute approximate surface area is 199 Å². The Morgan fingerprint density at radius 1 is 1.03 bits per heavy atom. The van der Waals surface area contributed by atoms with E-state index < -0.39 is 0 Å². The normalized spacial score (nSPS) is 11.1. The van der Waals surface area contributed by atoms with E-state index in [1.54, 1.807) is 0 Å². The number of hydrogen-bond acceptors (Lipinski definition) is 3. The van der Waals surface area contributed by atoms with E-state index in [2.05, 4.69) is 80.4 Å². The van der Waals surface area contributed by atoms with Crippen LogP contribution in [0.15, 0.2) is 78.7 Å². The van der Waals surface area contributed by atoms with E-state index in [0.29, 0.717) is 0 Å². The Hall–Kier alpha value is -2.55. The summed E-state index contributed by atoms with van der Waals surface area (Å²) in [6.45, 7) is 9.63. The van der Waals surface area contributed by atoms with Crippen molar-refractivity contribution in [1.29, 1.82) is 0 Å². The van der Waals surface area contributed by atoms with Gasteiger partial charge in [-0.3, -0.25) is 4.79 Å². The van der Waals surface area contributed by atoms with E-state index >= 15 is 0 Å². The summed E-state index contributed by atoms with van der Waals surface area (Å²) in [7, 11) is 0. The zero-order valence-electron chi connectivity index (χ0n) is 18.8. The molecule has 0 amide bonds. The van der Waals surface area contributed by atoms with E-state index in [1.807, 2.05) is 18.3 Å². The van der Waals surface area contributed by atoms with Crippen LogP contribution in [-0.4, -0.2) is 15.9 Å². The van der Waals surface area contributed by atoms with Gasteiger partial charge in [0.1, 0.15) is 0 Å². The van der Waals surface area contributed by atoms with Crippen LogP contribution in [-0.2, 0) is 31.3 Å². The Morgan fingerprint density at radius 2 is 1.71 bits per heavy atom. The Bertz CT molecular complexity index is 1000. The van der Waals surface area contributed by atoms with Crippen molar-refractivity contribution in [2.24, 2.45) is 5.41 Å². The predicted octanol–water partition coefficient (Wildman–Crippen LogP) is 6.84. The van der Waals surface area contributed by atoms with Gasteiger partial charge in [0.15, 0.2) is 5.78 Å². The number of ketones is 1. The van der Waals surface area contributed by atoms with E-state index in [4.69, 9.17) is 5.11 Å². The molecule has 4 heteroatoms. The molecule has 0 aliphatic carbocycles. The summed E-state index contributed by atoms with van der Waals surface area (Å²) in [4.78, 5) is 14.6. The van der Waals surface area contributed by atoms with Gasteiger partial charge < -0.3 is 10.1 Å². The zero-order chi connectivity index (χ0) is 22.1. The maximum Gasteiger partial charge on any atom is 0.155 e. The van der Waals surface area contributed by atoms with Gasteiger partial charge in [0.05, 0.1) is 5.76 Å². The molecule has 1 N–H and O–H groups in total. The third-order valence-corrected chi connectivity index (χ3v) is 4.16. The van der Waals surface area contributed by atoms with Crippen LogP contribution < -0.4 is 0 Å². The fourth-order valence-corrected chi connectivity index (χ4v) is 3.07. The van der Waals surface area contributed by atoms with Gasteiger partial charge in [-0.05, 0) is 48.6 Å². The van der Waals surface area contributed by atoms with Gasteiger partial charge in [-0.2, -0.15) is 0 Å². The second-order valence-electron chi connectivity index (χ2n) is 8.54. The van der Waals surface area contributed by atoms with Crippen LogP contribution in [0.25, 0.3) is 22.4 Å². The first-order valence-electron chi connectivity index (χ1n) is 10.0. The van der Waals surface area contributed by atoms with Crippen molar-refractivity contribution in [3.8, 4) is 22.4 Å². The van der Waals surface area contributed by atoms with Gasteiger partial charge in [0.25, 0.3) is 0 Å². The minimum absolute atomic E-state index is 0. The molecule has 1 radical (unpaired) electrons. The first kappa shape index (κ1) is 26.5. The van der Waals surface area contributed by atoms with Gasteiger partial charge in [0.2, 0.25) is 0 Å². The van der Waals surface area contributed by atoms with Crippen molar-refractivity contribution in [3.05, 3.63) is 90.3 Å². The van der Waals surface area contributed by atoms with Crippen molar-refractivity contribution in [3.63, 3.8) is 0 Å². The number of aromatic nitrogens is 1. The summed E-state index contributed by atoms with van der Waals surface area (Å²) in [5, 5.41) is 8.36. The molecule has 0 fully saturated rings. The maximum absolute atomic E-state index is 10.0. The number of nitrogens with zero attached hydrogens (tertiary/aromatic N) is 1. The molecule has 1 aromatic heterocycles. The van der Waals surface area contributed by atoms with E-state index in [9.17, 15) is 4.79 Å². The second kappa shape index (κ2) is 12.3. The van der Waals surface area contributed by atoms with Crippen LogP contribution in [0, 0.1) is 11.5 Å². The first-order chi connectivity index (χ1) is 14.1. The van der Waals surface area contributed by atoms with Crippen molar-refractivity contribution in [2.75, 3.05) is 0 Å². The molecule has 0 aliphatic rings. The fraction of sp³-hybridized carbons (Fsp3) is 0.259. The summed E-state index contributed by atoms with van der Waals surface area (Å²) in [5.74, 6) is -0.0625. The monoisotopic (exact) mass is 593 g/mol. The number of carbonyl (C=O) groups excluding carboxylic acids is 1. The summed E-state index contributed by atoms with van der Waals surface area (Å²) < 4.78 is 0. The number of allylic oxidation sites excluding steroid dienone is 2. The number of rotatable bonds is 4. The topological polar surface area (TPSA) is 50.2 Å². The molecule has 0 spiro atoms. The van der Waals surface area contributed by atoms with E-state index in [-0.39, 0.29) is 37.1 Å². The summed E-state index contributed by atoms with van der Waals surface area (Å²) in [5.41, 5.74) is 6.04. The molecular weight excluding hydrogens is 563 g/mol. The predicted molar refractivity (Wildman–Crippen MR) is 124 cm³/mol. The van der Waals surface area contributed by atoms with Crippen LogP contribution in [0.5, 0.6) is 0 Å². The minimum atomic E-state index is -0.125. The van der Waals surface area contributed by atoms with Crippen molar-refractivity contribution < 1.29 is 30.0 Å². The van der Waals surface area contributed by atoms with Crippen LogP contribution in [0.2, 0.25) is 0 Å². The van der Waals surface area contributed by atoms with Gasteiger partial charge in [0, 0.05) is 32.4 Å². The molecular formula is C27H30IrNO2-. The van der Waals surface area contributed by atoms with Gasteiger partial charge in [-0.25, -0.2) is 0 Å². The van der Waals surface area contributed by atoms with Gasteiger partial charge in [-0.1, -0.05) is 57.2 Å². The Balaban J connectivity index is 0.000000523. The van der Waals surface area contributed by atoms with E-state index in [0.717, 1.165) is 17.7 Å². The molecule has 0 aliphatic heterocycles. The third-order valence-electron chi connectivity index (χ3n) is 4.16. The number of aliphatic hydroxyl groups is 1. The zero-order valence-corrected chi connectivity index (χ0v) is 21.2. The summed E-state index contributed by atoms with van der Waals surface area (Å²) >= 11 is 0. The van der Waals surface area contributed by atoms with Gasteiger partial charge in [-0.15, -0.1) is 35.4 Å². The summed E-state index contributed by atoms with van der Waals surface area (Å²) in [6, 6.07) is 24.3. The molecule has 165 valence electrons. The summed E-state index contributed by atoms with van der Waals surface area (Å²) in [6.07, 6.45) is 4.09. The van der Waals surface area contributed by atoms with Crippen molar-refractivity contribution in [1.82, 2.24) is 4.98 Å². The Kier molecular flexibility index (Phi) is 10.5. The number of carbonyl (C=O) groups is 1. The molecule has 3 rings (SSSR count). The van der Waals surface area contributed by atoms with Crippen molar-refractivity contribution in [2.45, 2.75) is 41.0 Å². The van der Waals surface area contributed by atoms with Crippen LogP contribution in [0.1, 0.15) is 40.2 Å². The smallest absolute Gasteiger partial charge is 0.155 e. The van der Waals surface area contributed by atoms with Crippen LogP contribution in [0.4, 0.5) is 0 Å². The molecule has 2 aromatic carbocycles. The van der Waals surface area contributed by atoms with E-state index in [1.165, 1.54) is 36.6 Å². The molecule has 3 nitrogen and oxygen atoms in total. The number of benzene rings is 2. The average Bonchev–Trinajstić information content (AvgIpc) is 2.67. The second-order valence-corrected chi connectivity index (χ2v) is 8.54. The standard InChI is InChI=1S/C22H22N.C5H8O2.Ir/c1-22(2,3)16-17-8-7-11-20(14-17)21-15-19(12-13-23-21)18-9-5-4-6-10-18;1-4(6)3-5(2)7;/h4-10,12-15H,16H2,1-3H3;3,6H,1-2H3;/q-1;;/b;4-3-;. The quantitative estimate of drug-likeness (QED) is 0.205. The largest absolute Gasteiger partial charge is 0.512 e. The third kappa shape index (κ3) is 9.87. The molecule has 0 atom stereocenters. The van der Waals surface area contributed by atoms with Crippen LogP contribution >= 0.6 is 0 Å². The van der Waals surface area contributed by atoms with Crippen molar-refractivity contribution >= 4 is 5.78 Å².